The van der Waals surface area contributed by atoms with Crippen molar-refractivity contribution in [1.29, 1.82) is 0 Å². The molecule has 0 aromatic carbocycles. The molecule has 2 fully saturated rings. The summed E-state index contributed by atoms with van der Waals surface area (Å²) in [4.78, 5) is 7.15. The highest BCUT2D eigenvalue weighted by molar-refractivity contribution is 7.09. The first-order valence-corrected chi connectivity index (χ1v) is 7.96. The molecule has 100 valence electrons. The molecule has 1 N–H and O–H groups in total. The molecule has 0 radical (unpaired) electrons. The summed E-state index contributed by atoms with van der Waals surface area (Å²) in [5.41, 5.74) is 1.15. The molecule has 2 unspecified atom stereocenters. The molecule has 0 spiro atoms. The van der Waals surface area contributed by atoms with Crippen LogP contribution >= 0.6 is 11.3 Å². The Kier molecular flexibility index (Phi) is 3.68. The third-order valence-electron chi connectivity index (χ3n) is 4.55. The van der Waals surface area contributed by atoms with Crippen molar-refractivity contribution in [1.82, 2.24) is 15.2 Å². The minimum atomic E-state index is 0.695. The molecule has 0 saturated carbocycles. The Morgan fingerprint density at radius 2 is 2.11 bits per heavy atom. The molecule has 3 nitrogen and oxygen atoms in total. The second kappa shape index (κ2) is 5.27. The standard InChI is InChI=1S/C14H23N3S/c1-10-9-18-14(16-10)8-15-11-6-12-4-3-5-13(7-11)17(12)2/h9,11-13,15H,3-8H2,1-2H3. The lowest BCUT2D eigenvalue weighted by molar-refractivity contribution is 0.0482. The van der Waals surface area contributed by atoms with E-state index >= 15 is 0 Å². The van der Waals surface area contributed by atoms with Crippen LogP contribution in [0, 0.1) is 6.92 Å². The first-order chi connectivity index (χ1) is 8.72. The van der Waals surface area contributed by atoms with Crippen molar-refractivity contribution >= 4 is 11.3 Å². The van der Waals surface area contributed by atoms with Crippen molar-refractivity contribution in [3.8, 4) is 0 Å². The highest BCUT2D eigenvalue weighted by Gasteiger charge is 2.35. The van der Waals surface area contributed by atoms with E-state index in [1.165, 1.54) is 37.1 Å². The summed E-state index contributed by atoms with van der Waals surface area (Å²) < 4.78 is 0. The van der Waals surface area contributed by atoms with Crippen LogP contribution in [0.15, 0.2) is 5.38 Å². The molecule has 2 aliphatic rings. The number of thiazole rings is 1. The van der Waals surface area contributed by atoms with Gasteiger partial charge in [0.2, 0.25) is 0 Å². The lowest BCUT2D eigenvalue weighted by Crippen LogP contribution is -2.54. The monoisotopic (exact) mass is 265 g/mol. The Morgan fingerprint density at radius 1 is 1.39 bits per heavy atom. The predicted octanol–water partition coefficient (Wildman–Crippen LogP) is 2.56. The maximum absolute atomic E-state index is 4.53. The summed E-state index contributed by atoms with van der Waals surface area (Å²) in [7, 11) is 2.31. The molecule has 18 heavy (non-hydrogen) atoms. The van der Waals surface area contributed by atoms with E-state index in [1.54, 1.807) is 11.3 Å². The fourth-order valence-corrected chi connectivity index (χ4v) is 4.22. The van der Waals surface area contributed by atoms with Gasteiger partial charge in [-0.1, -0.05) is 6.42 Å². The minimum Gasteiger partial charge on any atom is -0.308 e. The molecule has 2 saturated heterocycles. The smallest absolute Gasteiger partial charge is 0.107 e. The van der Waals surface area contributed by atoms with Gasteiger partial charge in [-0.2, -0.15) is 0 Å². The molecule has 3 rings (SSSR count). The van der Waals surface area contributed by atoms with Crippen LogP contribution in [0.2, 0.25) is 0 Å². The van der Waals surface area contributed by atoms with Gasteiger partial charge in [-0.15, -0.1) is 11.3 Å². The zero-order valence-electron chi connectivity index (χ0n) is 11.4. The minimum absolute atomic E-state index is 0.695. The number of hydrogen-bond donors (Lipinski definition) is 1. The molecule has 2 aliphatic heterocycles. The molecule has 4 heteroatoms. The van der Waals surface area contributed by atoms with E-state index in [0.717, 1.165) is 24.3 Å². The van der Waals surface area contributed by atoms with Crippen LogP contribution in [-0.4, -0.2) is 35.1 Å². The van der Waals surface area contributed by atoms with Gasteiger partial charge in [0, 0.05) is 35.7 Å². The largest absolute Gasteiger partial charge is 0.308 e. The van der Waals surface area contributed by atoms with Gasteiger partial charge in [0.25, 0.3) is 0 Å². The van der Waals surface area contributed by atoms with Crippen molar-refractivity contribution < 1.29 is 0 Å². The van der Waals surface area contributed by atoms with E-state index in [2.05, 4.69) is 34.6 Å². The van der Waals surface area contributed by atoms with E-state index < -0.39 is 0 Å². The summed E-state index contributed by atoms with van der Waals surface area (Å²) in [6, 6.07) is 2.32. The third kappa shape index (κ3) is 2.60. The quantitative estimate of drug-likeness (QED) is 0.910. The molecule has 1 aromatic rings. The van der Waals surface area contributed by atoms with Crippen molar-refractivity contribution in [2.24, 2.45) is 0 Å². The van der Waals surface area contributed by atoms with Gasteiger partial charge in [0.05, 0.1) is 0 Å². The second-order valence-electron chi connectivity index (χ2n) is 5.84. The van der Waals surface area contributed by atoms with E-state index in [9.17, 15) is 0 Å². The fourth-order valence-electron chi connectivity index (χ4n) is 3.50. The van der Waals surface area contributed by atoms with Gasteiger partial charge in [0.15, 0.2) is 0 Å². The highest BCUT2D eigenvalue weighted by atomic mass is 32.1. The number of piperidine rings is 2. The normalized spacial score (nSPS) is 32.7. The van der Waals surface area contributed by atoms with Gasteiger partial charge < -0.3 is 10.2 Å². The van der Waals surface area contributed by atoms with Gasteiger partial charge in [-0.05, 0) is 39.7 Å². The van der Waals surface area contributed by atoms with Crippen molar-refractivity contribution in [3.63, 3.8) is 0 Å². The first kappa shape index (κ1) is 12.6. The van der Waals surface area contributed by atoms with Crippen LogP contribution in [0.1, 0.15) is 42.8 Å². The number of nitrogens with zero attached hydrogens (tertiary/aromatic N) is 2. The molecular formula is C14H23N3S. The topological polar surface area (TPSA) is 28.2 Å². The van der Waals surface area contributed by atoms with Gasteiger partial charge in [-0.3, -0.25) is 0 Å². The van der Waals surface area contributed by atoms with Crippen LogP contribution in [0.4, 0.5) is 0 Å². The number of nitrogens with one attached hydrogen (secondary N) is 1. The lowest BCUT2D eigenvalue weighted by atomic mass is 9.82. The molecule has 0 aliphatic carbocycles. The Bertz CT molecular complexity index is 389. The van der Waals surface area contributed by atoms with Crippen molar-refractivity contribution in [3.05, 3.63) is 16.1 Å². The maximum Gasteiger partial charge on any atom is 0.107 e. The Balaban J connectivity index is 1.55. The van der Waals surface area contributed by atoms with E-state index in [0.29, 0.717) is 6.04 Å². The van der Waals surface area contributed by atoms with Crippen LogP contribution in [0.5, 0.6) is 0 Å². The fraction of sp³-hybridized carbons (Fsp3) is 0.786. The number of fused-ring (bicyclic) bond motifs is 2. The molecule has 3 heterocycles. The van der Waals surface area contributed by atoms with E-state index in [4.69, 9.17) is 0 Å². The number of aryl methyl sites for hydroxylation is 1. The maximum atomic E-state index is 4.53. The average Bonchev–Trinajstić information content (AvgIpc) is 2.73. The van der Waals surface area contributed by atoms with E-state index in [-0.39, 0.29) is 0 Å². The van der Waals surface area contributed by atoms with Gasteiger partial charge >= 0.3 is 0 Å². The first-order valence-electron chi connectivity index (χ1n) is 7.08. The van der Waals surface area contributed by atoms with Crippen molar-refractivity contribution in [2.75, 3.05) is 7.05 Å². The molecule has 1 aromatic heterocycles. The zero-order chi connectivity index (χ0) is 12.5. The number of rotatable bonds is 3. The highest BCUT2D eigenvalue weighted by Crippen LogP contribution is 2.32. The average molecular weight is 265 g/mol. The van der Waals surface area contributed by atoms with Gasteiger partial charge in [-0.25, -0.2) is 4.98 Å². The van der Waals surface area contributed by atoms with Crippen LogP contribution in [-0.2, 0) is 6.54 Å². The predicted molar refractivity (Wildman–Crippen MR) is 75.9 cm³/mol. The number of hydrogen-bond acceptors (Lipinski definition) is 4. The summed E-state index contributed by atoms with van der Waals surface area (Å²) in [6.07, 6.45) is 6.84. The number of aromatic nitrogens is 1. The van der Waals surface area contributed by atoms with Gasteiger partial charge in [0.1, 0.15) is 5.01 Å². The van der Waals surface area contributed by atoms with Crippen LogP contribution in [0.3, 0.4) is 0 Å². The summed E-state index contributed by atoms with van der Waals surface area (Å²) in [5, 5.41) is 7.09. The lowest BCUT2D eigenvalue weighted by Gasteiger charge is -2.47. The van der Waals surface area contributed by atoms with Crippen LogP contribution < -0.4 is 5.32 Å². The zero-order valence-corrected chi connectivity index (χ0v) is 12.2. The molecular weight excluding hydrogens is 242 g/mol. The molecule has 2 bridgehead atoms. The molecule has 2 atom stereocenters. The van der Waals surface area contributed by atoms with E-state index in [1.807, 2.05) is 0 Å². The summed E-state index contributed by atoms with van der Waals surface area (Å²) in [6.45, 7) is 3.02. The second-order valence-corrected chi connectivity index (χ2v) is 6.78. The summed E-state index contributed by atoms with van der Waals surface area (Å²) in [5.74, 6) is 0. The summed E-state index contributed by atoms with van der Waals surface area (Å²) >= 11 is 1.78. The van der Waals surface area contributed by atoms with Crippen LogP contribution in [0.25, 0.3) is 0 Å². The van der Waals surface area contributed by atoms with Crippen molar-refractivity contribution in [2.45, 2.75) is 63.7 Å². The Hall–Kier alpha value is -0.450. The Labute approximate surface area is 114 Å². The Morgan fingerprint density at radius 3 is 2.72 bits per heavy atom. The third-order valence-corrected chi connectivity index (χ3v) is 5.52. The SMILES string of the molecule is Cc1csc(CNC2CC3CCCC(C2)N3C)n1. The molecule has 0 amide bonds.